The summed E-state index contributed by atoms with van der Waals surface area (Å²) in [5, 5.41) is 4.03. The minimum atomic E-state index is 0.523. The van der Waals surface area contributed by atoms with E-state index in [-0.39, 0.29) is 0 Å². The van der Waals surface area contributed by atoms with E-state index in [9.17, 15) is 0 Å². The highest BCUT2D eigenvalue weighted by atomic mass is 16.5. The number of nitrogens with one attached hydrogen (secondary N) is 1. The molecule has 3 nitrogen and oxygen atoms in total. The van der Waals surface area contributed by atoms with Gasteiger partial charge in [-0.1, -0.05) is 98.3 Å². The molecule has 0 amide bonds. The zero-order chi connectivity index (χ0) is 25.1. The first-order chi connectivity index (χ1) is 17.2. The first-order valence-corrected chi connectivity index (χ1v) is 16.3. The van der Waals surface area contributed by atoms with Gasteiger partial charge >= 0.3 is 0 Å². The van der Waals surface area contributed by atoms with Crippen LogP contribution in [0.15, 0.2) is 0 Å². The number of nitrogens with zero attached hydrogens (tertiary/aromatic N) is 1. The summed E-state index contributed by atoms with van der Waals surface area (Å²) in [4.78, 5) is 2.76. The van der Waals surface area contributed by atoms with Crippen molar-refractivity contribution in [2.75, 3.05) is 26.2 Å². The van der Waals surface area contributed by atoms with E-state index in [1.54, 1.807) is 0 Å². The second-order valence-electron chi connectivity index (χ2n) is 12.2. The largest absolute Gasteiger partial charge is 0.378 e. The number of likely N-dealkylation sites (tertiary alicyclic amines) is 1. The van der Waals surface area contributed by atoms with Crippen LogP contribution in [0.4, 0.5) is 0 Å². The van der Waals surface area contributed by atoms with E-state index in [4.69, 9.17) is 4.74 Å². The van der Waals surface area contributed by atoms with Gasteiger partial charge in [-0.3, -0.25) is 0 Å². The van der Waals surface area contributed by atoms with Gasteiger partial charge in [0.15, 0.2) is 0 Å². The number of piperidine rings is 1. The molecule has 1 saturated heterocycles. The lowest BCUT2D eigenvalue weighted by atomic mass is 9.87. The molecular weight excluding hydrogens is 428 g/mol. The van der Waals surface area contributed by atoms with Gasteiger partial charge in [0, 0.05) is 25.2 Å². The Labute approximate surface area is 220 Å². The maximum absolute atomic E-state index is 6.40. The number of unbranched alkanes of at least 4 members (excludes halogenated alkanes) is 7. The molecule has 0 aromatic carbocycles. The minimum absolute atomic E-state index is 0.523. The normalized spacial score (nSPS) is 23.3. The third kappa shape index (κ3) is 13.8. The van der Waals surface area contributed by atoms with Crippen LogP contribution in [0.3, 0.4) is 0 Å². The van der Waals surface area contributed by atoms with Gasteiger partial charge in [0.1, 0.15) is 0 Å². The number of rotatable bonds is 22. The first-order valence-electron chi connectivity index (χ1n) is 16.3. The molecule has 0 aromatic heterocycles. The zero-order valence-corrected chi connectivity index (χ0v) is 24.5. The molecular formula is C32H64N2O. The highest BCUT2D eigenvalue weighted by Crippen LogP contribution is 2.28. The monoisotopic (exact) mass is 493 g/mol. The third-order valence-corrected chi connectivity index (χ3v) is 8.83. The van der Waals surface area contributed by atoms with Crippen molar-refractivity contribution in [1.82, 2.24) is 10.2 Å². The zero-order valence-electron chi connectivity index (χ0n) is 24.5. The number of hydrogen-bond donors (Lipinski definition) is 1. The smallest absolute Gasteiger partial charge is 0.0605 e. The summed E-state index contributed by atoms with van der Waals surface area (Å²) in [6.45, 7) is 14.3. The van der Waals surface area contributed by atoms with E-state index in [0.29, 0.717) is 12.1 Å². The van der Waals surface area contributed by atoms with E-state index >= 15 is 0 Å². The molecule has 2 rings (SSSR count). The van der Waals surface area contributed by atoms with Crippen LogP contribution < -0.4 is 5.32 Å². The SMILES string of the molecule is CCCCCCCC(CCCCC)N[C@H]1C[C@H](OCC2CCN(CC(CCC)CCCC)CC2)C1. The molecule has 1 N–H and O–H groups in total. The average molecular weight is 493 g/mol. The molecule has 2 atom stereocenters. The van der Waals surface area contributed by atoms with Crippen molar-refractivity contribution >= 4 is 0 Å². The van der Waals surface area contributed by atoms with Crippen LogP contribution >= 0.6 is 0 Å². The van der Waals surface area contributed by atoms with E-state index in [0.717, 1.165) is 24.5 Å². The Bertz CT molecular complexity index is 470. The second-order valence-corrected chi connectivity index (χ2v) is 12.2. The van der Waals surface area contributed by atoms with Gasteiger partial charge in [0.05, 0.1) is 6.10 Å². The van der Waals surface area contributed by atoms with Crippen molar-refractivity contribution in [2.24, 2.45) is 11.8 Å². The predicted molar refractivity (Wildman–Crippen MR) is 154 cm³/mol. The summed E-state index contributed by atoms with van der Waals surface area (Å²) in [7, 11) is 0. The van der Waals surface area contributed by atoms with Crippen LogP contribution in [0.1, 0.15) is 150 Å². The summed E-state index contributed by atoms with van der Waals surface area (Å²) >= 11 is 0. The Hall–Kier alpha value is -0.120. The van der Waals surface area contributed by atoms with Crippen molar-refractivity contribution in [2.45, 2.75) is 168 Å². The lowest BCUT2D eigenvalue weighted by molar-refractivity contribution is -0.0430. The van der Waals surface area contributed by atoms with Crippen LogP contribution in [-0.4, -0.2) is 49.3 Å². The van der Waals surface area contributed by atoms with Gasteiger partial charge in [-0.05, 0) is 76.3 Å². The summed E-state index contributed by atoms with van der Waals surface area (Å²) < 4.78 is 6.40. The molecule has 1 heterocycles. The maximum Gasteiger partial charge on any atom is 0.0605 e. The Kier molecular flexibility index (Phi) is 17.7. The van der Waals surface area contributed by atoms with Crippen molar-refractivity contribution in [3.63, 3.8) is 0 Å². The van der Waals surface area contributed by atoms with Crippen LogP contribution in [0.2, 0.25) is 0 Å². The van der Waals surface area contributed by atoms with E-state index < -0.39 is 0 Å². The van der Waals surface area contributed by atoms with Gasteiger partial charge in [-0.2, -0.15) is 0 Å². The standard InChI is InChI=1S/C32H64N2O/c1-5-9-12-13-15-19-30(18-14-10-6-2)33-31-24-32(25-31)35-27-29-20-22-34(23-21-29)26-28(16-8-4)17-11-7-3/h28-33H,5-27H2,1-4H3/t28?,30?,31-,32-. The molecule has 1 aliphatic carbocycles. The summed E-state index contributed by atoms with van der Waals surface area (Å²) in [5.74, 6) is 1.72. The summed E-state index contributed by atoms with van der Waals surface area (Å²) in [6.07, 6.45) is 26.5. The van der Waals surface area contributed by atoms with Crippen molar-refractivity contribution in [3.8, 4) is 0 Å². The van der Waals surface area contributed by atoms with Crippen LogP contribution in [0, 0.1) is 11.8 Å². The lowest BCUT2D eigenvalue weighted by Gasteiger charge is -2.40. The Morgan fingerprint density at radius 3 is 2.00 bits per heavy atom. The topological polar surface area (TPSA) is 24.5 Å². The van der Waals surface area contributed by atoms with Crippen molar-refractivity contribution in [3.05, 3.63) is 0 Å². The molecule has 1 aliphatic heterocycles. The van der Waals surface area contributed by atoms with E-state index in [1.165, 1.54) is 142 Å². The van der Waals surface area contributed by atoms with Gasteiger partial charge in [-0.25, -0.2) is 0 Å². The third-order valence-electron chi connectivity index (χ3n) is 8.83. The van der Waals surface area contributed by atoms with Crippen molar-refractivity contribution < 1.29 is 4.74 Å². The Morgan fingerprint density at radius 2 is 1.34 bits per heavy atom. The van der Waals surface area contributed by atoms with Gasteiger partial charge in [0.2, 0.25) is 0 Å². The van der Waals surface area contributed by atoms with Crippen LogP contribution in [-0.2, 0) is 4.74 Å². The highest BCUT2D eigenvalue weighted by Gasteiger charge is 2.32. The Morgan fingerprint density at radius 1 is 0.714 bits per heavy atom. The summed E-state index contributed by atoms with van der Waals surface area (Å²) in [5.41, 5.74) is 0. The second kappa shape index (κ2) is 19.9. The van der Waals surface area contributed by atoms with Gasteiger partial charge < -0.3 is 15.0 Å². The molecule has 1 saturated carbocycles. The fourth-order valence-corrected chi connectivity index (χ4v) is 6.32. The fourth-order valence-electron chi connectivity index (χ4n) is 6.32. The molecule has 2 unspecified atom stereocenters. The molecule has 0 bridgehead atoms. The highest BCUT2D eigenvalue weighted by molar-refractivity contribution is 4.89. The summed E-state index contributed by atoms with van der Waals surface area (Å²) in [6, 6.07) is 1.45. The maximum atomic E-state index is 6.40. The lowest BCUT2D eigenvalue weighted by Crippen LogP contribution is -2.50. The molecule has 0 aromatic rings. The van der Waals surface area contributed by atoms with Crippen molar-refractivity contribution in [1.29, 1.82) is 0 Å². The average Bonchev–Trinajstić information content (AvgIpc) is 2.84. The molecule has 35 heavy (non-hydrogen) atoms. The van der Waals surface area contributed by atoms with Gasteiger partial charge in [0.25, 0.3) is 0 Å². The minimum Gasteiger partial charge on any atom is -0.378 e. The molecule has 0 radical (unpaired) electrons. The number of hydrogen-bond acceptors (Lipinski definition) is 3. The quantitative estimate of drug-likeness (QED) is 0.153. The number of ether oxygens (including phenoxy) is 1. The fraction of sp³-hybridized carbons (Fsp3) is 1.00. The van der Waals surface area contributed by atoms with E-state index in [2.05, 4.69) is 37.9 Å². The van der Waals surface area contributed by atoms with Crippen LogP contribution in [0.5, 0.6) is 0 Å². The Balaban J connectivity index is 1.57. The van der Waals surface area contributed by atoms with E-state index in [1.807, 2.05) is 0 Å². The first kappa shape index (κ1) is 31.1. The van der Waals surface area contributed by atoms with Gasteiger partial charge in [-0.15, -0.1) is 0 Å². The molecule has 208 valence electrons. The molecule has 2 aliphatic rings. The molecule has 0 spiro atoms. The predicted octanol–water partition coefficient (Wildman–Crippen LogP) is 8.75. The van der Waals surface area contributed by atoms with Crippen LogP contribution in [0.25, 0.3) is 0 Å². The molecule has 3 heteroatoms. The molecule has 2 fully saturated rings.